The van der Waals surface area contributed by atoms with Crippen LogP contribution in [0.2, 0.25) is 5.02 Å². The molecule has 0 spiro atoms. The highest BCUT2D eigenvalue weighted by Crippen LogP contribution is 2.23. The fourth-order valence-corrected chi connectivity index (χ4v) is 2.70. The van der Waals surface area contributed by atoms with Gasteiger partial charge in [-0.1, -0.05) is 24.9 Å². The summed E-state index contributed by atoms with van der Waals surface area (Å²) < 4.78 is 7.11. The molecular weight excluding hydrogens is 292 g/mol. The molecular formula is C14H23ClN4O2. The highest BCUT2D eigenvalue weighted by atomic mass is 35.5. The number of halogens is 1. The topological polar surface area (TPSA) is 59.4 Å². The predicted molar refractivity (Wildman–Crippen MR) is 84.3 cm³/mol. The van der Waals surface area contributed by atoms with E-state index in [0.29, 0.717) is 25.4 Å². The molecule has 1 atom stereocenters. The van der Waals surface area contributed by atoms with Crippen molar-refractivity contribution in [1.29, 1.82) is 0 Å². The van der Waals surface area contributed by atoms with E-state index in [9.17, 15) is 4.79 Å². The smallest absolute Gasteiger partial charge is 0.287 e. The number of nitrogens with one attached hydrogen (secondary N) is 1. The molecule has 0 amide bonds. The number of aryl methyl sites for hydroxylation is 1. The van der Waals surface area contributed by atoms with E-state index in [2.05, 4.69) is 22.2 Å². The highest BCUT2D eigenvalue weighted by molar-refractivity contribution is 6.33. The van der Waals surface area contributed by atoms with Gasteiger partial charge in [-0.15, -0.1) is 0 Å². The average molecular weight is 315 g/mol. The molecule has 0 aromatic carbocycles. The molecule has 0 bridgehead atoms. The monoisotopic (exact) mass is 314 g/mol. The van der Waals surface area contributed by atoms with E-state index in [1.54, 1.807) is 6.20 Å². The van der Waals surface area contributed by atoms with E-state index in [0.717, 1.165) is 25.9 Å². The molecule has 1 fully saturated rings. The Labute approximate surface area is 130 Å². The summed E-state index contributed by atoms with van der Waals surface area (Å²) in [6, 6.07) is 0. The Balaban J connectivity index is 2.16. The number of anilines is 1. The molecule has 1 unspecified atom stereocenters. The summed E-state index contributed by atoms with van der Waals surface area (Å²) >= 11 is 6.26. The van der Waals surface area contributed by atoms with E-state index in [1.807, 2.05) is 7.05 Å². The Hall–Kier alpha value is -1.11. The van der Waals surface area contributed by atoms with Gasteiger partial charge in [0.25, 0.3) is 5.56 Å². The Morgan fingerprint density at radius 1 is 1.57 bits per heavy atom. The van der Waals surface area contributed by atoms with Gasteiger partial charge in [-0.2, -0.15) is 5.10 Å². The summed E-state index contributed by atoms with van der Waals surface area (Å²) in [4.78, 5) is 14.3. The number of hydrogen-bond donors (Lipinski definition) is 1. The first-order chi connectivity index (χ1) is 10.2. The third kappa shape index (κ3) is 3.96. The van der Waals surface area contributed by atoms with E-state index < -0.39 is 0 Å². The summed E-state index contributed by atoms with van der Waals surface area (Å²) in [5.74, 6) is 0. The van der Waals surface area contributed by atoms with E-state index in [4.69, 9.17) is 16.3 Å². The molecule has 0 saturated carbocycles. The van der Waals surface area contributed by atoms with Gasteiger partial charge in [-0.05, 0) is 13.5 Å². The number of likely N-dealkylation sites (N-methyl/N-ethyl adjacent to an activating group) is 1. The van der Waals surface area contributed by atoms with Crippen LogP contribution in [0.5, 0.6) is 0 Å². The second-order valence-electron chi connectivity index (χ2n) is 5.22. The number of morpholine rings is 1. The average Bonchev–Trinajstić information content (AvgIpc) is 2.49. The Bertz CT molecular complexity index is 518. The zero-order chi connectivity index (χ0) is 15.2. The number of aromatic nitrogens is 2. The maximum atomic E-state index is 12.2. The van der Waals surface area contributed by atoms with E-state index in [1.165, 1.54) is 4.68 Å². The van der Waals surface area contributed by atoms with Crippen molar-refractivity contribution in [3.8, 4) is 0 Å². The van der Waals surface area contributed by atoms with Crippen molar-refractivity contribution in [3.63, 3.8) is 0 Å². The first kappa shape index (κ1) is 16.3. The lowest BCUT2D eigenvalue weighted by molar-refractivity contribution is 0.0421. The Kier molecular flexibility index (Phi) is 6.02. The number of nitrogens with zero attached hydrogens (tertiary/aromatic N) is 3. The maximum Gasteiger partial charge on any atom is 0.287 e. The molecule has 1 aliphatic heterocycles. The molecule has 7 heteroatoms. The van der Waals surface area contributed by atoms with Crippen LogP contribution < -0.4 is 15.8 Å². The van der Waals surface area contributed by atoms with Gasteiger partial charge in [-0.3, -0.25) is 4.79 Å². The van der Waals surface area contributed by atoms with Crippen LogP contribution >= 0.6 is 11.6 Å². The molecule has 2 rings (SSSR count). The van der Waals surface area contributed by atoms with Crippen LogP contribution in [0.1, 0.15) is 19.8 Å². The second kappa shape index (κ2) is 7.77. The van der Waals surface area contributed by atoms with Gasteiger partial charge < -0.3 is 15.0 Å². The fourth-order valence-electron chi connectivity index (χ4n) is 2.43. The number of rotatable bonds is 6. The van der Waals surface area contributed by atoms with E-state index in [-0.39, 0.29) is 16.7 Å². The van der Waals surface area contributed by atoms with Crippen molar-refractivity contribution in [1.82, 2.24) is 15.1 Å². The van der Waals surface area contributed by atoms with Gasteiger partial charge in [-0.25, -0.2) is 4.68 Å². The largest absolute Gasteiger partial charge is 0.373 e. The van der Waals surface area contributed by atoms with Crippen molar-refractivity contribution >= 4 is 17.3 Å². The lowest BCUT2D eigenvalue weighted by Gasteiger charge is -2.34. The standard InChI is InChI=1S/C14H23ClN4O2/c1-3-4-5-19-14(20)13(15)12(9-17-19)18-6-7-21-11(10-18)8-16-2/h9,11,16H,3-8,10H2,1-2H3. The first-order valence-electron chi connectivity index (χ1n) is 7.44. The molecule has 21 heavy (non-hydrogen) atoms. The van der Waals surface area contributed by atoms with Crippen molar-refractivity contribution in [2.75, 3.05) is 38.2 Å². The molecule has 0 radical (unpaired) electrons. The van der Waals surface area contributed by atoms with Crippen LogP contribution in [-0.4, -0.2) is 49.2 Å². The van der Waals surface area contributed by atoms with Gasteiger partial charge in [0, 0.05) is 26.2 Å². The normalized spacial score (nSPS) is 19.0. The zero-order valence-electron chi connectivity index (χ0n) is 12.6. The lowest BCUT2D eigenvalue weighted by atomic mass is 10.2. The molecule has 1 aromatic heterocycles. The summed E-state index contributed by atoms with van der Waals surface area (Å²) in [5.41, 5.74) is 0.498. The molecule has 0 aliphatic carbocycles. The fraction of sp³-hybridized carbons (Fsp3) is 0.714. The van der Waals surface area contributed by atoms with Crippen molar-refractivity contribution < 1.29 is 4.74 Å². The zero-order valence-corrected chi connectivity index (χ0v) is 13.4. The number of unbranched alkanes of at least 4 members (excludes halogenated alkanes) is 1. The number of ether oxygens (including phenoxy) is 1. The molecule has 1 N–H and O–H groups in total. The van der Waals surface area contributed by atoms with Gasteiger partial charge in [0.15, 0.2) is 0 Å². The molecule has 6 nitrogen and oxygen atoms in total. The maximum absolute atomic E-state index is 12.2. The second-order valence-corrected chi connectivity index (χ2v) is 5.60. The number of hydrogen-bond acceptors (Lipinski definition) is 5. The minimum absolute atomic E-state index is 0.0994. The first-order valence-corrected chi connectivity index (χ1v) is 7.82. The predicted octanol–water partition coefficient (Wildman–Crippen LogP) is 1.12. The van der Waals surface area contributed by atoms with Crippen LogP contribution in [0.25, 0.3) is 0 Å². The molecule has 2 heterocycles. The minimum atomic E-state index is -0.209. The summed E-state index contributed by atoms with van der Waals surface area (Å²) in [7, 11) is 1.89. The Morgan fingerprint density at radius 3 is 3.10 bits per heavy atom. The van der Waals surface area contributed by atoms with Crippen LogP contribution in [0.3, 0.4) is 0 Å². The van der Waals surface area contributed by atoms with E-state index >= 15 is 0 Å². The van der Waals surface area contributed by atoms with Crippen LogP contribution in [-0.2, 0) is 11.3 Å². The molecule has 1 saturated heterocycles. The van der Waals surface area contributed by atoms with Crippen LogP contribution in [0.15, 0.2) is 11.0 Å². The summed E-state index contributed by atoms with van der Waals surface area (Å²) in [6.07, 6.45) is 3.73. The lowest BCUT2D eigenvalue weighted by Crippen LogP contribution is -2.47. The van der Waals surface area contributed by atoms with Crippen molar-refractivity contribution in [3.05, 3.63) is 21.6 Å². The van der Waals surface area contributed by atoms with Crippen molar-refractivity contribution in [2.24, 2.45) is 0 Å². The van der Waals surface area contributed by atoms with Crippen LogP contribution in [0, 0.1) is 0 Å². The quantitative estimate of drug-likeness (QED) is 0.853. The summed E-state index contributed by atoms with van der Waals surface area (Å²) in [5, 5.41) is 7.60. The van der Waals surface area contributed by atoms with Gasteiger partial charge >= 0.3 is 0 Å². The third-order valence-corrected chi connectivity index (χ3v) is 3.96. The molecule has 1 aliphatic rings. The van der Waals surface area contributed by atoms with Gasteiger partial charge in [0.05, 0.1) is 24.6 Å². The SMILES string of the molecule is CCCCn1ncc(N2CCOC(CNC)C2)c(Cl)c1=O. The van der Waals surface area contributed by atoms with Gasteiger partial charge in [0.2, 0.25) is 0 Å². The highest BCUT2D eigenvalue weighted by Gasteiger charge is 2.23. The van der Waals surface area contributed by atoms with Crippen LogP contribution in [0.4, 0.5) is 5.69 Å². The summed E-state index contributed by atoms with van der Waals surface area (Å²) in [6.45, 7) is 5.52. The molecule has 1 aromatic rings. The van der Waals surface area contributed by atoms with Crippen molar-refractivity contribution in [2.45, 2.75) is 32.4 Å². The van der Waals surface area contributed by atoms with Gasteiger partial charge in [0.1, 0.15) is 5.02 Å². The molecule has 118 valence electrons. The third-order valence-electron chi connectivity index (χ3n) is 3.60. The Morgan fingerprint density at radius 2 is 2.38 bits per heavy atom. The minimum Gasteiger partial charge on any atom is -0.373 e.